The van der Waals surface area contributed by atoms with E-state index in [2.05, 4.69) is 32.0 Å². The van der Waals surface area contributed by atoms with Crippen molar-refractivity contribution in [3.63, 3.8) is 0 Å². The molecule has 0 radical (unpaired) electrons. The second kappa shape index (κ2) is 7.74. The van der Waals surface area contributed by atoms with Crippen molar-refractivity contribution < 1.29 is 14.2 Å². The third kappa shape index (κ3) is 4.17. The van der Waals surface area contributed by atoms with E-state index in [0.29, 0.717) is 6.79 Å². The van der Waals surface area contributed by atoms with Crippen molar-refractivity contribution in [3.05, 3.63) is 53.1 Å². The van der Waals surface area contributed by atoms with Crippen molar-refractivity contribution in [2.45, 2.75) is 34.1 Å². The first-order chi connectivity index (χ1) is 10.6. The molecule has 1 heterocycles. The monoisotopic (exact) mass is 300 g/mol. The first kappa shape index (κ1) is 16.2. The van der Waals surface area contributed by atoms with Gasteiger partial charge in [0.05, 0.1) is 6.61 Å². The highest BCUT2D eigenvalue weighted by Gasteiger charge is 2.11. The van der Waals surface area contributed by atoms with E-state index in [0.717, 1.165) is 30.3 Å². The average molecular weight is 300 g/mol. The van der Waals surface area contributed by atoms with E-state index in [-0.39, 0.29) is 0 Å². The molecular weight excluding hydrogens is 276 g/mol. The zero-order valence-corrected chi connectivity index (χ0v) is 13.8. The van der Waals surface area contributed by atoms with Gasteiger partial charge in [0.2, 0.25) is 6.79 Å². The molecule has 3 nitrogen and oxygen atoms in total. The van der Waals surface area contributed by atoms with Crippen LogP contribution in [0.15, 0.2) is 36.4 Å². The molecule has 0 N–H and O–H groups in total. The topological polar surface area (TPSA) is 27.7 Å². The minimum atomic E-state index is 0.360. The summed E-state index contributed by atoms with van der Waals surface area (Å²) in [6.45, 7) is 9.37. The normalized spacial score (nSPS) is 11.6. The molecule has 0 saturated heterocycles. The Morgan fingerprint density at radius 3 is 2.45 bits per heavy atom. The standard InChI is InChI=1S/C11H16O.C8H8O2/c1-4-10-7-6-9(3)11(8-10)12-5-2;1-6-2-3-7-8(4-6)10-5-9-7/h6-8H,4-5H2,1-3H3;2-4H,5H2,1H3. The van der Waals surface area contributed by atoms with Crippen LogP contribution in [-0.4, -0.2) is 13.4 Å². The van der Waals surface area contributed by atoms with Gasteiger partial charge in [-0.15, -0.1) is 0 Å². The van der Waals surface area contributed by atoms with Crippen molar-refractivity contribution in [3.8, 4) is 17.2 Å². The molecule has 0 aliphatic carbocycles. The molecule has 0 bridgehead atoms. The van der Waals surface area contributed by atoms with Crippen LogP contribution in [0.4, 0.5) is 0 Å². The molecule has 2 aromatic rings. The largest absolute Gasteiger partial charge is 0.494 e. The van der Waals surface area contributed by atoms with Crippen molar-refractivity contribution >= 4 is 0 Å². The summed E-state index contributed by atoms with van der Waals surface area (Å²) in [5, 5.41) is 0. The van der Waals surface area contributed by atoms with Gasteiger partial charge in [0.15, 0.2) is 11.5 Å². The molecule has 118 valence electrons. The first-order valence-corrected chi connectivity index (χ1v) is 7.72. The van der Waals surface area contributed by atoms with Crippen LogP contribution in [0.5, 0.6) is 17.2 Å². The van der Waals surface area contributed by atoms with E-state index in [1.54, 1.807) is 0 Å². The van der Waals surface area contributed by atoms with E-state index in [1.165, 1.54) is 16.7 Å². The Morgan fingerprint density at radius 2 is 1.73 bits per heavy atom. The van der Waals surface area contributed by atoms with Gasteiger partial charge in [0.1, 0.15) is 5.75 Å². The summed E-state index contributed by atoms with van der Waals surface area (Å²) in [6.07, 6.45) is 1.07. The maximum absolute atomic E-state index is 5.48. The smallest absolute Gasteiger partial charge is 0.231 e. The van der Waals surface area contributed by atoms with Gasteiger partial charge in [-0.05, 0) is 62.1 Å². The third-order valence-electron chi connectivity index (χ3n) is 3.49. The molecule has 1 aliphatic heterocycles. The molecule has 0 saturated carbocycles. The Morgan fingerprint density at radius 1 is 0.955 bits per heavy atom. The fourth-order valence-corrected chi connectivity index (χ4v) is 2.18. The minimum absolute atomic E-state index is 0.360. The third-order valence-corrected chi connectivity index (χ3v) is 3.49. The van der Waals surface area contributed by atoms with Crippen molar-refractivity contribution in [1.82, 2.24) is 0 Å². The maximum Gasteiger partial charge on any atom is 0.231 e. The summed E-state index contributed by atoms with van der Waals surface area (Å²) >= 11 is 0. The summed E-state index contributed by atoms with van der Waals surface area (Å²) in [6, 6.07) is 12.3. The number of hydrogen-bond donors (Lipinski definition) is 0. The lowest BCUT2D eigenvalue weighted by atomic mass is 10.1. The summed E-state index contributed by atoms with van der Waals surface area (Å²) in [5.74, 6) is 2.74. The molecule has 0 spiro atoms. The Bertz CT molecular complexity index is 620. The molecule has 0 atom stereocenters. The van der Waals surface area contributed by atoms with E-state index < -0.39 is 0 Å². The number of aryl methyl sites for hydroxylation is 3. The molecular formula is C19H24O3. The second-order valence-electron chi connectivity index (χ2n) is 5.24. The van der Waals surface area contributed by atoms with Crippen LogP contribution in [0.3, 0.4) is 0 Å². The Hall–Kier alpha value is -2.16. The SMILES string of the molecule is CCOc1cc(CC)ccc1C.Cc1ccc2c(c1)OCO2. The fourth-order valence-electron chi connectivity index (χ4n) is 2.18. The van der Waals surface area contributed by atoms with E-state index in [1.807, 2.05) is 32.0 Å². The van der Waals surface area contributed by atoms with Crippen molar-refractivity contribution in [1.29, 1.82) is 0 Å². The van der Waals surface area contributed by atoms with Gasteiger partial charge in [0.25, 0.3) is 0 Å². The van der Waals surface area contributed by atoms with E-state index in [9.17, 15) is 0 Å². The Balaban J connectivity index is 0.000000162. The second-order valence-corrected chi connectivity index (χ2v) is 5.24. The maximum atomic E-state index is 5.48. The van der Waals surface area contributed by atoms with Crippen LogP contribution in [0.2, 0.25) is 0 Å². The number of ether oxygens (including phenoxy) is 3. The number of fused-ring (bicyclic) bond motifs is 1. The summed E-state index contributed by atoms with van der Waals surface area (Å²) < 4.78 is 15.8. The summed E-state index contributed by atoms with van der Waals surface area (Å²) in [5.41, 5.74) is 3.75. The molecule has 0 fully saturated rings. The zero-order valence-electron chi connectivity index (χ0n) is 13.8. The van der Waals surface area contributed by atoms with Gasteiger partial charge in [-0.2, -0.15) is 0 Å². The van der Waals surface area contributed by atoms with Crippen molar-refractivity contribution in [2.75, 3.05) is 13.4 Å². The van der Waals surface area contributed by atoms with Crippen molar-refractivity contribution in [2.24, 2.45) is 0 Å². The van der Waals surface area contributed by atoms with E-state index in [4.69, 9.17) is 14.2 Å². The molecule has 0 aromatic heterocycles. The molecule has 22 heavy (non-hydrogen) atoms. The lowest BCUT2D eigenvalue weighted by Gasteiger charge is -2.07. The molecule has 3 rings (SSSR count). The number of benzene rings is 2. The Kier molecular flexibility index (Phi) is 5.70. The molecule has 3 heteroatoms. The highest BCUT2D eigenvalue weighted by Crippen LogP contribution is 2.31. The van der Waals surface area contributed by atoms with Gasteiger partial charge in [-0.1, -0.05) is 25.1 Å². The van der Waals surface area contributed by atoms with Gasteiger partial charge in [0, 0.05) is 0 Å². The molecule has 1 aliphatic rings. The lowest BCUT2D eigenvalue weighted by Crippen LogP contribution is -1.94. The minimum Gasteiger partial charge on any atom is -0.494 e. The van der Waals surface area contributed by atoms with Crippen LogP contribution in [0.1, 0.15) is 30.5 Å². The summed E-state index contributed by atoms with van der Waals surface area (Å²) in [4.78, 5) is 0. The zero-order chi connectivity index (χ0) is 15.9. The average Bonchev–Trinajstić information content (AvgIpc) is 2.98. The number of rotatable bonds is 3. The summed E-state index contributed by atoms with van der Waals surface area (Å²) in [7, 11) is 0. The van der Waals surface area contributed by atoms with Gasteiger partial charge < -0.3 is 14.2 Å². The Labute approximate surface area is 132 Å². The van der Waals surface area contributed by atoms with Crippen LogP contribution in [-0.2, 0) is 6.42 Å². The molecule has 0 unspecified atom stereocenters. The van der Waals surface area contributed by atoms with E-state index >= 15 is 0 Å². The molecule has 2 aromatic carbocycles. The quantitative estimate of drug-likeness (QED) is 0.823. The fraction of sp³-hybridized carbons (Fsp3) is 0.368. The van der Waals surface area contributed by atoms with Gasteiger partial charge in [-0.25, -0.2) is 0 Å². The van der Waals surface area contributed by atoms with Crippen LogP contribution in [0.25, 0.3) is 0 Å². The van der Waals surface area contributed by atoms with Gasteiger partial charge in [-0.3, -0.25) is 0 Å². The van der Waals surface area contributed by atoms with Crippen LogP contribution >= 0.6 is 0 Å². The van der Waals surface area contributed by atoms with Gasteiger partial charge >= 0.3 is 0 Å². The highest BCUT2D eigenvalue weighted by molar-refractivity contribution is 5.43. The first-order valence-electron chi connectivity index (χ1n) is 7.72. The van der Waals surface area contributed by atoms with Crippen LogP contribution in [0, 0.1) is 13.8 Å². The predicted molar refractivity (Wildman–Crippen MR) is 89.0 cm³/mol. The number of hydrogen-bond acceptors (Lipinski definition) is 3. The van der Waals surface area contributed by atoms with Crippen LogP contribution < -0.4 is 14.2 Å². The lowest BCUT2D eigenvalue weighted by molar-refractivity contribution is 0.174. The molecule has 0 amide bonds. The predicted octanol–water partition coefficient (Wildman–Crippen LogP) is 4.68. The highest BCUT2D eigenvalue weighted by atomic mass is 16.7.